The maximum Gasteiger partial charge on any atom is 0.275 e. The van der Waals surface area contributed by atoms with Crippen LogP contribution in [-0.2, 0) is 0 Å². The van der Waals surface area contributed by atoms with Crippen LogP contribution in [0.2, 0.25) is 0 Å². The van der Waals surface area contributed by atoms with E-state index in [0.717, 1.165) is 39.9 Å². The Morgan fingerprint density at radius 2 is 1.00 bits per heavy atom. The zero-order chi connectivity index (χ0) is 26.3. The monoisotopic (exact) mass is 529 g/mol. The summed E-state index contributed by atoms with van der Waals surface area (Å²) in [5.41, 5.74) is 8.64. The van der Waals surface area contributed by atoms with Gasteiger partial charge in [0.05, 0.1) is 11.3 Å². The van der Waals surface area contributed by atoms with E-state index in [0.29, 0.717) is 0 Å². The van der Waals surface area contributed by atoms with Crippen molar-refractivity contribution >= 4 is 28.7 Å². The number of rotatable bonds is 5. The zero-order valence-corrected chi connectivity index (χ0v) is 23.2. The molecule has 5 aromatic carbocycles. The van der Waals surface area contributed by atoms with Gasteiger partial charge in [0.25, 0.3) is 5.84 Å². The lowest BCUT2D eigenvalue weighted by Crippen LogP contribution is -3.00. The van der Waals surface area contributed by atoms with Crippen LogP contribution >= 0.6 is 0 Å². The van der Waals surface area contributed by atoms with Gasteiger partial charge in [-0.05, 0) is 81.4 Å². The number of hydrogen-bond acceptors (Lipinski definition) is 1. The summed E-state index contributed by atoms with van der Waals surface area (Å²) in [4.78, 5) is 5.25. The van der Waals surface area contributed by atoms with Crippen LogP contribution in [0.5, 0.6) is 0 Å². The highest BCUT2D eigenvalue weighted by Crippen LogP contribution is 2.24. The summed E-state index contributed by atoms with van der Waals surface area (Å²) in [6.45, 7) is 6.31. The summed E-state index contributed by atoms with van der Waals surface area (Å²) < 4.78 is 2.23. The van der Waals surface area contributed by atoms with Gasteiger partial charge in [-0.15, -0.1) is 4.99 Å². The predicted molar refractivity (Wildman–Crippen MR) is 160 cm³/mol. The van der Waals surface area contributed by atoms with E-state index in [1.54, 1.807) is 0 Å². The van der Waals surface area contributed by atoms with E-state index in [2.05, 4.69) is 152 Å². The molecule has 3 nitrogen and oxygen atoms in total. The molecule has 0 amide bonds. The second-order valence-electron chi connectivity index (χ2n) is 9.51. The summed E-state index contributed by atoms with van der Waals surface area (Å²) in [5, 5.41) is 3.74. The van der Waals surface area contributed by atoms with Gasteiger partial charge in [-0.1, -0.05) is 89.5 Å². The van der Waals surface area contributed by atoms with Gasteiger partial charge in [-0.2, -0.15) is 4.58 Å². The second-order valence-corrected chi connectivity index (χ2v) is 9.51. The van der Waals surface area contributed by atoms with E-state index in [1.807, 2.05) is 12.1 Å². The summed E-state index contributed by atoms with van der Waals surface area (Å²) in [7, 11) is 0. The van der Waals surface area contributed by atoms with Crippen LogP contribution in [0.4, 0.5) is 17.1 Å². The Bertz CT molecular complexity index is 1550. The van der Waals surface area contributed by atoms with E-state index in [4.69, 9.17) is 4.99 Å². The fourth-order valence-electron chi connectivity index (χ4n) is 4.25. The largest absolute Gasteiger partial charge is 1.00 e. The molecule has 0 unspecified atom stereocenters. The molecule has 0 aliphatic heterocycles. The molecular weight excluding hydrogens is 498 g/mol. The van der Waals surface area contributed by atoms with E-state index in [1.165, 1.54) is 16.7 Å². The maximum atomic E-state index is 5.25. The Hall–Kier alpha value is -4.47. The van der Waals surface area contributed by atoms with Crippen molar-refractivity contribution < 1.29 is 17.0 Å². The average Bonchev–Trinajstić information content (AvgIpc) is 2.96. The van der Waals surface area contributed by atoms with Crippen LogP contribution in [0.3, 0.4) is 0 Å². The van der Waals surface area contributed by atoms with Gasteiger partial charge in [0.15, 0.2) is 0 Å². The van der Waals surface area contributed by atoms with Crippen LogP contribution in [0.15, 0.2) is 138 Å². The molecule has 0 fully saturated rings. The topological polar surface area (TPSA) is 27.4 Å². The number of hydrogen-bond donors (Lipinski definition) is 1. The first-order valence-electron chi connectivity index (χ1n) is 12.9. The highest BCUT2D eigenvalue weighted by molar-refractivity contribution is 6.10. The molecule has 0 radical (unpaired) electrons. The van der Waals surface area contributed by atoms with Crippen LogP contribution < -0.4 is 17.7 Å². The van der Waals surface area contributed by atoms with Crippen molar-refractivity contribution in [1.82, 2.24) is 0 Å². The Morgan fingerprint density at radius 3 is 1.54 bits per heavy atom. The number of nitrogens with one attached hydrogen (secondary N) is 1. The van der Waals surface area contributed by atoms with Crippen molar-refractivity contribution in [3.8, 4) is 0 Å². The second kappa shape index (κ2) is 12.9. The van der Waals surface area contributed by atoms with Gasteiger partial charge in [0.1, 0.15) is 11.4 Å². The van der Waals surface area contributed by atoms with Crippen molar-refractivity contribution in [2.24, 2.45) is 4.99 Å². The first-order chi connectivity index (χ1) is 18.6. The van der Waals surface area contributed by atoms with Crippen molar-refractivity contribution in [2.75, 3.05) is 5.32 Å². The Labute approximate surface area is 237 Å². The molecule has 0 bridgehead atoms. The minimum Gasteiger partial charge on any atom is -1.00 e. The van der Waals surface area contributed by atoms with Gasteiger partial charge >= 0.3 is 0 Å². The van der Waals surface area contributed by atoms with Gasteiger partial charge in [0, 0.05) is 5.56 Å². The third kappa shape index (κ3) is 6.90. The summed E-state index contributed by atoms with van der Waals surface area (Å²) >= 11 is 0. The lowest BCUT2D eigenvalue weighted by Gasteiger charge is -2.17. The molecule has 0 spiro atoms. The highest BCUT2D eigenvalue weighted by Gasteiger charge is 2.25. The SMILES string of the molecule is Cc1ccc(N=C(c2ccccc2)[N+](=C(Nc2ccc(C)cc2)c2ccccc2)c2ccc(C)cc2)cc1.[Cl-]. The molecule has 4 heteroatoms. The van der Waals surface area contributed by atoms with E-state index in [9.17, 15) is 0 Å². The third-order valence-electron chi connectivity index (χ3n) is 6.39. The van der Waals surface area contributed by atoms with Gasteiger partial charge in [-0.3, -0.25) is 5.32 Å². The van der Waals surface area contributed by atoms with Crippen molar-refractivity contribution in [3.63, 3.8) is 0 Å². The molecule has 0 aromatic heterocycles. The lowest BCUT2D eigenvalue weighted by atomic mass is 10.1. The molecular formula is C35H32ClN3. The van der Waals surface area contributed by atoms with Crippen LogP contribution in [0.1, 0.15) is 27.8 Å². The van der Waals surface area contributed by atoms with Gasteiger partial charge in [0.2, 0.25) is 5.84 Å². The molecule has 5 rings (SSSR count). The van der Waals surface area contributed by atoms with Crippen LogP contribution in [0, 0.1) is 20.8 Å². The van der Waals surface area contributed by atoms with Gasteiger partial charge < -0.3 is 12.4 Å². The van der Waals surface area contributed by atoms with E-state index >= 15 is 0 Å². The number of nitrogens with zero attached hydrogens (tertiary/aromatic N) is 2. The fraction of sp³-hybridized carbons (Fsp3) is 0.0857. The van der Waals surface area contributed by atoms with E-state index < -0.39 is 0 Å². The van der Waals surface area contributed by atoms with E-state index in [-0.39, 0.29) is 12.4 Å². The minimum atomic E-state index is 0. The Balaban J connectivity index is 0.00000353. The third-order valence-corrected chi connectivity index (χ3v) is 6.39. The summed E-state index contributed by atoms with van der Waals surface area (Å²) in [5.74, 6) is 1.75. The molecule has 1 N–H and O–H groups in total. The van der Waals surface area contributed by atoms with Crippen molar-refractivity contribution in [2.45, 2.75) is 20.8 Å². The smallest absolute Gasteiger partial charge is 0.275 e. The number of benzene rings is 5. The molecule has 0 saturated carbocycles. The minimum absolute atomic E-state index is 0. The fourth-order valence-corrected chi connectivity index (χ4v) is 4.25. The summed E-state index contributed by atoms with van der Waals surface area (Å²) in [6, 6.07) is 46.2. The first-order valence-corrected chi connectivity index (χ1v) is 12.9. The standard InChI is InChI=1S/C35H31N3.ClH/c1-26-14-20-31(21-15-26)36-34(29-10-6-4-7-11-29)38(33-24-18-28(3)19-25-33)35(30-12-8-5-9-13-30)37-32-22-16-27(2)17-23-32;/h4-25H,1-3H3;1H. The number of amidine groups is 2. The average molecular weight is 530 g/mol. The quantitative estimate of drug-likeness (QED) is 0.179. The van der Waals surface area contributed by atoms with Crippen molar-refractivity contribution in [1.29, 1.82) is 0 Å². The number of aryl methyl sites for hydroxylation is 3. The molecule has 0 aliphatic rings. The predicted octanol–water partition coefficient (Wildman–Crippen LogP) is 5.60. The molecule has 39 heavy (non-hydrogen) atoms. The molecule has 194 valence electrons. The molecule has 0 saturated heterocycles. The molecule has 5 aromatic rings. The summed E-state index contributed by atoms with van der Waals surface area (Å²) in [6.07, 6.45) is 0. The van der Waals surface area contributed by atoms with Gasteiger partial charge in [-0.25, -0.2) is 0 Å². The lowest BCUT2D eigenvalue weighted by molar-refractivity contribution is -0.304. The van der Waals surface area contributed by atoms with Crippen LogP contribution in [0.25, 0.3) is 0 Å². The van der Waals surface area contributed by atoms with Crippen LogP contribution in [-0.4, -0.2) is 16.2 Å². The molecule has 0 atom stereocenters. The highest BCUT2D eigenvalue weighted by atomic mass is 35.5. The Morgan fingerprint density at radius 1 is 0.538 bits per heavy atom. The maximum absolute atomic E-state index is 5.25. The Kier molecular flexibility index (Phi) is 9.09. The normalized spacial score (nSPS) is 11.8. The molecule has 0 heterocycles. The van der Waals surface area contributed by atoms with Crippen molar-refractivity contribution in [3.05, 3.63) is 161 Å². The number of anilines is 1. The number of aliphatic imine (C=N–C) groups is 1. The first kappa shape index (κ1) is 27.6. The zero-order valence-electron chi connectivity index (χ0n) is 22.5. The molecule has 0 aliphatic carbocycles. The number of halogens is 1.